The number of rotatable bonds is 4. The highest BCUT2D eigenvalue weighted by Gasteiger charge is 2.21. The third-order valence-corrected chi connectivity index (χ3v) is 2.21. The van der Waals surface area contributed by atoms with Crippen LogP contribution in [0.25, 0.3) is 0 Å². The summed E-state index contributed by atoms with van der Waals surface area (Å²) in [6.07, 6.45) is 6.37. The fourth-order valence-electron chi connectivity index (χ4n) is 1.35. The third-order valence-electron chi connectivity index (χ3n) is 2.21. The fourth-order valence-corrected chi connectivity index (χ4v) is 1.35. The Kier molecular flexibility index (Phi) is 2.45. The highest BCUT2D eigenvalue weighted by atomic mass is 15.0. The van der Waals surface area contributed by atoms with E-state index in [-0.39, 0.29) is 0 Å². The fraction of sp³-hybridized carbons (Fsp3) is 0.500. The molecule has 70 valence electrons. The Hall–Kier alpha value is -1.09. The third kappa shape index (κ3) is 2.18. The summed E-state index contributed by atoms with van der Waals surface area (Å²) in [4.78, 5) is 4.11. The predicted octanol–water partition coefficient (Wildman–Crippen LogP) is 1.38. The van der Waals surface area contributed by atoms with E-state index in [1.165, 1.54) is 24.1 Å². The predicted molar refractivity (Wildman–Crippen MR) is 53.6 cm³/mol. The SMILES string of the molecule is CNCc1cnccc1NC1CC1. The van der Waals surface area contributed by atoms with Gasteiger partial charge in [0.15, 0.2) is 0 Å². The molecule has 3 heteroatoms. The zero-order chi connectivity index (χ0) is 9.10. The molecule has 13 heavy (non-hydrogen) atoms. The van der Waals surface area contributed by atoms with E-state index in [1.807, 2.05) is 25.5 Å². The Bertz CT molecular complexity index is 281. The quantitative estimate of drug-likeness (QED) is 0.729. The van der Waals surface area contributed by atoms with Gasteiger partial charge in [0.2, 0.25) is 0 Å². The maximum atomic E-state index is 4.11. The zero-order valence-electron chi connectivity index (χ0n) is 7.88. The summed E-state index contributed by atoms with van der Waals surface area (Å²) in [6.45, 7) is 0.878. The van der Waals surface area contributed by atoms with Gasteiger partial charge in [-0.2, -0.15) is 0 Å². The number of hydrogen-bond acceptors (Lipinski definition) is 3. The normalized spacial score (nSPS) is 15.8. The van der Waals surface area contributed by atoms with Crippen LogP contribution >= 0.6 is 0 Å². The molecule has 1 aromatic heterocycles. The second-order valence-electron chi connectivity index (χ2n) is 3.48. The van der Waals surface area contributed by atoms with Crippen molar-refractivity contribution in [1.29, 1.82) is 0 Å². The first-order valence-electron chi connectivity index (χ1n) is 4.74. The van der Waals surface area contributed by atoms with E-state index in [9.17, 15) is 0 Å². The van der Waals surface area contributed by atoms with Crippen molar-refractivity contribution >= 4 is 5.69 Å². The second-order valence-corrected chi connectivity index (χ2v) is 3.48. The molecule has 1 fully saturated rings. The van der Waals surface area contributed by atoms with E-state index >= 15 is 0 Å². The summed E-state index contributed by atoms with van der Waals surface area (Å²) in [5.41, 5.74) is 2.48. The van der Waals surface area contributed by atoms with E-state index in [1.54, 1.807) is 0 Å². The average molecular weight is 177 g/mol. The van der Waals surface area contributed by atoms with Gasteiger partial charge in [-0.15, -0.1) is 0 Å². The van der Waals surface area contributed by atoms with Crippen molar-refractivity contribution < 1.29 is 0 Å². The number of anilines is 1. The van der Waals surface area contributed by atoms with E-state index in [4.69, 9.17) is 0 Å². The average Bonchev–Trinajstić information content (AvgIpc) is 2.93. The van der Waals surface area contributed by atoms with Crippen LogP contribution in [-0.2, 0) is 6.54 Å². The molecule has 1 heterocycles. The molecular weight excluding hydrogens is 162 g/mol. The minimum absolute atomic E-state index is 0.706. The van der Waals surface area contributed by atoms with Gasteiger partial charge >= 0.3 is 0 Å². The summed E-state index contributed by atoms with van der Waals surface area (Å²) >= 11 is 0. The molecule has 0 bridgehead atoms. The first-order valence-corrected chi connectivity index (χ1v) is 4.74. The maximum Gasteiger partial charge on any atom is 0.0418 e. The molecule has 1 saturated carbocycles. The van der Waals surface area contributed by atoms with Gasteiger partial charge in [0, 0.05) is 36.2 Å². The number of hydrogen-bond donors (Lipinski definition) is 2. The Balaban J connectivity index is 2.10. The van der Waals surface area contributed by atoms with Crippen LogP contribution in [0.3, 0.4) is 0 Å². The first-order chi connectivity index (χ1) is 6.40. The van der Waals surface area contributed by atoms with E-state index in [0.29, 0.717) is 6.04 Å². The smallest absolute Gasteiger partial charge is 0.0418 e. The molecule has 0 amide bonds. The van der Waals surface area contributed by atoms with Crippen LogP contribution < -0.4 is 10.6 Å². The van der Waals surface area contributed by atoms with Gasteiger partial charge < -0.3 is 10.6 Å². The van der Waals surface area contributed by atoms with Gasteiger partial charge in [-0.05, 0) is 26.0 Å². The molecule has 0 saturated heterocycles. The highest BCUT2D eigenvalue weighted by Crippen LogP contribution is 2.26. The first kappa shape index (κ1) is 8.51. The molecule has 1 aliphatic rings. The van der Waals surface area contributed by atoms with E-state index in [2.05, 4.69) is 15.6 Å². The van der Waals surface area contributed by atoms with Crippen LogP contribution in [0.2, 0.25) is 0 Å². The summed E-state index contributed by atoms with van der Waals surface area (Å²) in [7, 11) is 1.95. The van der Waals surface area contributed by atoms with Crippen LogP contribution in [0, 0.1) is 0 Å². The van der Waals surface area contributed by atoms with Crippen LogP contribution in [0.1, 0.15) is 18.4 Å². The van der Waals surface area contributed by atoms with Crippen molar-refractivity contribution in [3.63, 3.8) is 0 Å². The number of aromatic nitrogens is 1. The lowest BCUT2D eigenvalue weighted by atomic mass is 10.2. The Morgan fingerprint density at radius 2 is 2.38 bits per heavy atom. The molecule has 2 rings (SSSR count). The minimum atomic E-state index is 0.706. The summed E-state index contributed by atoms with van der Waals surface area (Å²) < 4.78 is 0. The van der Waals surface area contributed by atoms with Crippen LogP contribution in [-0.4, -0.2) is 18.1 Å². The molecule has 0 radical (unpaired) electrons. The van der Waals surface area contributed by atoms with Gasteiger partial charge in [-0.3, -0.25) is 4.98 Å². The lowest BCUT2D eigenvalue weighted by Gasteiger charge is -2.09. The highest BCUT2D eigenvalue weighted by molar-refractivity contribution is 5.50. The van der Waals surface area contributed by atoms with E-state index in [0.717, 1.165) is 6.54 Å². The molecule has 1 aliphatic carbocycles. The van der Waals surface area contributed by atoms with Gasteiger partial charge in [0.1, 0.15) is 0 Å². The molecule has 0 unspecified atom stereocenters. The van der Waals surface area contributed by atoms with Gasteiger partial charge in [-0.25, -0.2) is 0 Å². The molecule has 3 nitrogen and oxygen atoms in total. The molecule has 0 aliphatic heterocycles. The maximum absolute atomic E-state index is 4.11. The van der Waals surface area contributed by atoms with Gasteiger partial charge in [0.05, 0.1) is 0 Å². The van der Waals surface area contributed by atoms with Crippen LogP contribution in [0.4, 0.5) is 5.69 Å². The number of nitrogens with one attached hydrogen (secondary N) is 2. The number of nitrogens with zero attached hydrogens (tertiary/aromatic N) is 1. The Morgan fingerprint density at radius 3 is 3.08 bits per heavy atom. The van der Waals surface area contributed by atoms with Crippen LogP contribution in [0.15, 0.2) is 18.5 Å². The van der Waals surface area contributed by atoms with Crippen LogP contribution in [0.5, 0.6) is 0 Å². The van der Waals surface area contributed by atoms with Crippen molar-refractivity contribution in [2.24, 2.45) is 0 Å². The standard InChI is InChI=1S/C10H15N3/c1-11-6-8-7-12-5-4-10(8)13-9-2-3-9/h4-5,7,9,11H,2-3,6H2,1H3,(H,12,13). The molecule has 2 N–H and O–H groups in total. The monoisotopic (exact) mass is 177 g/mol. The molecule has 0 aromatic carbocycles. The molecule has 1 aromatic rings. The van der Waals surface area contributed by atoms with Crippen molar-refractivity contribution in [2.45, 2.75) is 25.4 Å². The lowest BCUT2D eigenvalue weighted by Crippen LogP contribution is -2.10. The number of pyridine rings is 1. The Labute approximate surface area is 78.6 Å². The summed E-state index contributed by atoms with van der Waals surface area (Å²) in [5, 5.41) is 6.63. The molecule has 0 atom stereocenters. The van der Waals surface area contributed by atoms with Crippen molar-refractivity contribution in [1.82, 2.24) is 10.3 Å². The largest absolute Gasteiger partial charge is 0.382 e. The zero-order valence-corrected chi connectivity index (χ0v) is 7.88. The summed E-state index contributed by atoms with van der Waals surface area (Å²) in [5.74, 6) is 0. The lowest BCUT2D eigenvalue weighted by molar-refractivity contribution is 0.813. The van der Waals surface area contributed by atoms with Crippen molar-refractivity contribution in [3.8, 4) is 0 Å². The topological polar surface area (TPSA) is 37.0 Å². The molecule has 0 spiro atoms. The van der Waals surface area contributed by atoms with E-state index < -0.39 is 0 Å². The van der Waals surface area contributed by atoms with Gasteiger partial charge in [-0.1, -0.05) is 0 Å². The van der Waals surface area contributed by atoms with Gasteiger partial charge in [0.25, 0.3) is 0 Å². The summed E-state index contributed by atoms with van der Waals surface area (Å²) in [6, 6.07) is 2.75. The second kappa shape index (κ2) is 3.75. The Morgan fingerprint density at radius 1 is 1.54 bits per heavy atom. The van der Waals surface area contributed by atoms with Crippen molar-refractivity contribution in [3.05, 3.63) is 24.0 Å². The molecular formula is C10H15N3. The minimum Gasteiger partial charge on any atom is -0.382 e. The van der Waals surface area contributed by atoms with Crippen molar-refractivity contribution in [2.75, 3.05) is 12.4 Å².